The van der Waals surface area contributed by atoms with Crippen LogP contribution in [0.1, 0.15) is 22.3 Å². The molecule has 0 radical (unpaired) electrons. The van der Waals surface area contributed by atoms with Crippen molar-refractivity contribution in [2.45, 2.75) is 12.8 Å². The van der Waals surface area contributed by atoms with E-state index in [1.54, 1.807) is 0 Å². The van der Waals surface area contributed by atoms with Gasteiger partial charge in [-0.25, -0.2) is 0 Å². The molecule has 24 heavy (non-hydrogen) atoms. The van der Waals surface area contributed by atoms with Crippen LogP contribution >= 0.6 is 0 Å². The highest BCUT2D eigenvalue weighted by molar-refractivity contribution is 5.91. The Hall–Kier alpha value is -2.86. The molecule has 0 heterocycles. The first-order chi connectivity index (χ1) is 11.9. The maximum atomic E-state index is 2.39. The first-order valence-corrected chi connectivity index (χ1v) is 8.54. The molecule has 114 valence electrons. The highest BCUT2D eigenvalue weighted by Crippen LogP contribution is 2.39. The average Bonchev–Trinajstić information content (AvgIpc) is 2.97. The molecule has 5 rings (SSSR count). The monoisotopic (exact) mass is 306 g/mol. The smallest absolute Gasteiger partial charge is 0.00132 e. The molecule has 0 heteroatoms. The van der Waals surface area contributed by atoms with Gasteiger partial charge in [-0.15, -0.1) is 0 Å². The Morgan fingerprint density at radius 2 is 1.25 bits per heavy atom. The predicted octanol–water partition coefficient (Wildman–Crippen LogP) is 6.00. The van der Waals surface area contributed by atoms with Crippen LogP contribution in [0, 0.1) is 0 Å². The Labute approximate surface area is 142 Å². The largest absolute Gasteiger partial charge is 0.0622 e. The first-order valence-electron chi connectivity index (χ1n) is 8.54. The van der Waals surface area contributed by atoms with Crippen LogP contribution in [-0.4, -0.2) is 0 Å². The zero-order valence-electron chi connectivity index (χ0n) is 13.5. The van der Waals surface area contributed by atoms with E-state index < -0.39 is 0 Å². The van der Waals surface area contributed by atoms with Gasteiger partial charge < -0.3 is 0 Å². The zero-order valence-corrected chi connectivity index (χ0v) is 13.5. The number of fused-ring (bicyclic) bond motifs is 4. The van der Waals surface area contributed by atoms with Crippen LogP contribution in [0.3, 0.4) is 0 Å². The molecule has 0 atom stereocenters. The summed E-state index contributed by atoms with van der Waals surface area (Å²) in [5.74, 6) is 0. The summed E-state index contributed by atoms with van der Waals surface area (Å²) in [6, 6.07) is 31.1. The van der Waals surface area contributed by atoms with Crippen molar-refractivity contribution in [1.29, 1.82) is 0 Å². The normalized spacial score (nSPS) is 12.2. The van der Waals surface area contributed by atoms with Crippen molar-refractivity contribution in [3.8, 4) is 11.1 Å². The van der Waals surface area contributed by atoms with Crippen LogP contribution in [0.2, 0.25) is 0 Å². The maximum absolute atomic E-state index is 2.39. The molecule has 0 bridgehead atoms. The van der Waals surface area contributed by atoms with E-state index in [1.807, 2.05) is 0 Å². The number of rotatable bonds is 2. The van der Waals surface area contributed by atoms with Gasteiger partial charge in [0.25, 0.3) is 0 Å². The van der Waals surface area contributed by atoms with E-state index in [-0.39, 0.29) is 0 Å². The Kier molecular flexibility index (Phi) is 3.02. The molecule has 0 amide bonds. The molecule has 0 aliphatic heterocycles. The van der Waals surface area contributed by atoms with Crippen LogP contribution in [0.15, 0.2) is 84.9 Å². The van der Waals surface area contributed by atoms with E-state index in [0.29, 0.717) is 0 Å². The minimum atomic E-state index is 0.997. The molecule has 1 aliphatic rings. The number of hydrogen-bond acceptors (Lipinski definition) is 0. The lowest BCUT2D eigenvalue weighted by atomic mass is 9.97. The summed E-state index contributed by atoms with van der Waals surface area (Å²) in [6.45, 7) is 0. The SMILES string of the molecule is c1ccc(Cc2ccc3c(c2)-c2cc4ccccc4cc2C3)cc1. The fourth-order valence-corrected chi connectivity index (χ4v) is 3.86. The third kappa shape index (κ3) is 2.23. The van der Waals surface area contributed by atoms with Crippen molar-refractivity contribution in [3.05, 3.63) is 107 Å². The minimum Gasteiger partial charge on any atom is -0.0622 e. The van der Waals surface area contributed by atoms with Gasteiger partial charge in [0.2, 0.25) is 0 Å². The van der Waals surface area contributed by atoms with E-state index in [2.05, 4.69) is 84.9 Å². The molecular formula is C24H18. The van der Waals surface area contributed by atoms with Crippen LogP contribution in [-0.2, 0) is 12.8 Å². The summed E-state index contributed by atoms with van der Waals surface area (Å²) in [4.78, 5) is 0. The summed E-state index contributed by atoms with van der Waals surface area (Å²) in [6.07, 6.45) is 2.05. The molecule has 0 unspecified atom stereocenters. The lowest BCUT2D eigenvalue weighted by molar-refractivity contribution is 1.18. The number of hydrogen-bond donors (Lipinski definition) is 0. The Morgan fingerprint density at radius 3 is 2.08 bits per heavy atom. The molecule has 0 fully saturated rings. The molecule has 0 aromatic heterocycles. The molecule has 0 N–H and O–H groups in total. The topological polar surface area (TPSA) is 0 Å². The van der Waals surface area contributed by atoms with Gasteiger partial charge in [-0.3, -0.25) is 0 Å². The van der Waals surface area contributed by atoms with Gasteiger partial charge >= 0.3 is 0 Å². The van der Waals surface area contributed by atoms with Crippen LogP contribution in [0.4, 0.5) is 0 Å². The Bertz CT molecular complexity index is 1040. The fraction of sp³-hybridized carbons (Fsp3) is 0.0833. The summed E-state index contributed by atoms with van der Waals surface area (Å²) in [5.41, 5.74) is 8.51. The second kappa shape index (κ2) is 5.35. The summed E-state index contributed by atoms with van der Waals surface area (Å²) in [7, 11) is 0. The molecule has 4 aromatic rings. The van der Waals surface area contributed by atoms with Gasteiger partial charge in [0.05, 0.1) is 0 Å². The van der Waals surface area contributed by atoms with Gasteiger partial charge in [0.1, 0.15) is 0 Å². The molecule has 0 saturated carbocycles. The van der Waals surface area contributed by atoms with Crippen molar-refractivity contribution in [1.82, 2.24) is 0 Å². The first kappa shape index (κ1) is 13.6. The lowest BCUT2D eigenvalue weighted by Crippen LogP contribution is -1.89. The van der Waals surface area contributed by atoms with Gasteiger partial charge in [-0.2, -0.15) is 0 Å². The summed E-state index contributed by atoms with van der Waals surface area (Å²) < 4.78 is 0. The fourth-order valence-electron chi connectivity index (χ4n) is 3.86. The zero-order chi connectivity index (χ0) is 15.9. The molecule has 1 aliphatic carbocycles. The van der Waals surface area contributed by atoms with Gasteiger partial charge in [0, 0.05) is 0 Å². The maximum Gasteiger partial charge on any atom is -0.00132 e. The summed E-state index contributed by atoms with van der Waals surface area (Å²) in [5, 5.41) is 2.67. The third-order valence-corrected chi connectivity index (χ3v) is 5.07. The van der Waals surface area contributed by atoms with Crippen molar-refractivity contribution >= 4 is 10.8 Å². The average molecular weight is 306 g/mol. The minimum absolute atomic E-state index is 0.997. The standard InChI is InChI=1S/C24H18/c1-2-6-17(7-3-1)12-18-10-11-21-15-22-14-19-8-4-5-9-20(19)16-24(22)23(21)13-18/h1-11,13-14,16H,12,15H2. The lowest BCUT2D eigenvalue weighted by Gasteiger charge is -2.07. The highest BCUT2D eigenvalue weighted by atomic mass is 14.2. The third-order valence-electron chi connectivity index (χ3n) is 5.07. The molecule has 0 spiro atoms. The van der Waals surface area contributed by atoms with Gasteiger partial charge in [-0.1, -0.05) is 78.9 Å². The second-order valence-corrected chi connectivity index (χ2v) is 6.69. The molecule has 0 nitrogen and oxygen atoms in total. The van der Waals surface area contributed by atoms with Gasteiger partial charge in [0.15, 0.2) is 0 Å². The molecule has 0 saturated heterocycles. The second-order valence-electron chi connectivity index (χ2n) is 6.69. The van der Waals surface area contributed by atoms with E-state index >= 15 is 0 Å². The van der Waals surface area contributed by atoms with E-state index in [1.165, 1.54) is 44.2 Å². The van der Waals surface area contributed by atoms with Crippen molar-refractivity contribution in [2.24, 2.45) is 0 Å². The van der Waals surface area contributed by atoms with Crippen LogP contribution < -0.4 is 0 Å². The van der Waals surface area contributed by atoms with Crippen LogP contribution in [0.25, 0.3) is 21.9 Å². The molecular weight excluding hydrogens is 288 g/mol. The highest BCUT2D eigenvalue weighted by Gasteiger charge is 2.19. The van der Waals surface area contributed by atoms with Crippen molar-refractivity contribution in [2.75, 3.05) is 0 Å². The van der Waals surface area contributed by atoms with E-state index in [9.17, 15) is 0 Å². The number of benzene rings is 4. The summed E-state index contributed by atoms with van der Waals surface area (Å²) >= 11 is 0. The quantitative estimate of drug-likeness (QED) is 0.375. The van der Waals surface area contributed by atoms with Gasteiger partial charge in [-0.05, 0) is 63.1 Å². The van der Waals surface area contributed by atoms with Crippen molar-refractivity contribution < 1.29 is 0 Å². The van der Waals surface area contributed by atoms with Crippen molar-refractivity contribution in [3.63, 3.8) is 0 Å². The molecule has 4 aromatic carbocycles. The Balaban J connectivity index is 1.60. The van der Waals surface area contributed by atoms with E-state index in [4.69, 9.17) is 0 Å². The van der Waals surface area contributed by atoms with E-state index in [0.717, 1.165) is 12.8 Å². The predicted molar refractivity (Wildman–Crippen MR) is 101 cm³/mol. The van der Waals surface area contributed by atoms with Crippen LogP contribution in [0.5, 0.6) is 0 Å². The Morgan fingerprint density at radius 1 is 0.542 bits per heavy atom.